The number of rotatable bonds is 12. The highest BCUT2D eigenvalue weighted by atomic mass is 32.2. The number of benzene rings is 12. The number of thiophene rings is 1. The molecule has 0 radical (unpaired) electrons. The third-order valence-corrected chi connectivity index (χ3v) is 36.0. The molecule has 24 heteroatoms. The molecular weight excluding hydrogens is 1930 g/mol. The summed E-state index contributed by atoms with van der Waals surface area (Å²) >= 11 is 8.61. The average Bonchev–Trinajstić information content (AvgIpc) is 1.73. The first-order valence-electron chi connectivity index (χ1n) is 52.7. The van der Waals surface area contributed by atoms with Crippen molar-refractivity contribution in [3.8, 4) is 16.1 Å². The van der Waals surface area contributed by atoms with Gasteiger partial charge in [0.15, 0.2) is 5.82 Å². The van der Waals surface area contributed by atoms with Gasteiger partial charge >= 0.3 is 12.4 Å². The second kappa shape index (κ2) is 46.5. The van der Waals surface area contributed by atoms with Crippen LogP contribution in [0.5, 0.6) is 0 Å². The molecule has 766 valence electrons. The van der Waals surface area contributed by atoms with Gasteiger partial charge in [0.25, 0.3) is 0 Å². The van der Waals surface area contributed by atoms with E-state index in [4.69, 9.17) is 0 Å². The van der Waals surface area contributed by atoms with E-state index in [0.29, 0.717) is 65.5 Å². The van der Waals surface area contributed by atoms with E-state index in [2.05, 4.69) is 336 Å². The molecule has 10 aliphatic rings. The third-order valence-electron chi connectivity index (χ3n) is 30.6. The van der Waals surface area contributed by atoms with Crippen molar-refractivity contribution in [1.82, 2.24) is 44.2 Å². The zero-order valence-corrected chi connectivity index (χ0v) is 90.8. The first-order chi connectivity index (χ1) is 71.0. The van der Waals surface area contributed by atoms with E-state index in [1.807, 2.05) is 95.2 Å². The Morgan fingerprint density at radius 3 is 0.959 bits per heavy atom. The van der Waals surface area contributed by atoms with Crippen molar-refractivity contribution in [2.45, 2.75) is 279 Å². The van der Waals surface area contributed by atoms with E-state index in [1.54, 1.807) is 35.2 Å². The minimum atomic E-state index is -4.37. The number of piperidine rings is 4. The van der Waals surface area contributed by atoms with Gasteiger partial charge in [-0.25, -0.2) is 0 Å². The Labute approximate surface area is 887 Å². The first kappa shape index (κ1) is 105. The zero-order chi connectivity index (χ0) is 102. The predicted molar refractivity (Wildman–Crippen MR) is 600 cm³/mol. The Morgan fingerprint density at radius 2 is 0.592 bits per heavy atom. The minimum Gasteiger partial charge on any atom is -0.336 e. The Hall–Kier alpha value is -10.6. The Bertz CT molecular complexity index is 6670. The van der Waals surface area contributed by atoms with Crippen LogP contribution in [0, 0.1) is 6.92 Å². The quantitative estimate of drug-likeness (QED) is 0.109. The van der Waals surface area contributed by atoms with E-state index >= 15 is 0 Å². The number of hydrogen-bond acceptors (Lipinski definition) is 17. The molecule has 0 saturated carbocycles. The number of aromatic nitrogens is 3. The molecule has 4 saturated heterocycles. The molecule has 0 spiro atoms. The molecule has 14 aromatic rings. The SMILES string of the molecule is CC(C)N1CCC(N2Cc3ccccc3-c3ccccc3C2)CC1.CC(C)N1CCC(N2c3ccccc3Sc3ccc(C(F)(F)F)cc32)CC1.CC(C)N1CCC(N2c3ccccc3Sc3ccccc32)CC1.CC(C)c1ccc(N2c3ccccc3Sc3ccc(C(F)(F)F)cc32)cc1.CC(C)c1ccc(N2c3ccccc3Sc3ccccc32)cc1.Cc1nnc2n1-c1sccc1CN(C1CCN(C(C)C)CC1)C2. The van der Waals surface area contributed by atoms with Gasteiger partial charge in [-0.1, -0.05) is 220 Å². The third kappa shape index (κ3) is 23.8. The molecule has 0 unspecified atom stereocenters. The summed E-state index contributed by atoms with van der Waals surface area (Å²) in [5.74, 6) is 3.04. The molecule has 24 rings (SSSR count). The molecular formula is C123H137F6N13S5. The van der Waals surface area contributed by atoms with Crippen LogP contribution in [0.3, 0.4) is 0 Å². The van der Waals surface area contributed by atoms with E-state index in [1.165, 1.54) is 200 Å². The van der Waals surface area contributed by atoms with Crippen molar-refractivity contribution in [2.75, 3.05) is 72.0 Å². The maximum absolute atomic E-state index is 13.3. The summed E-state index contributed by atoms with van der Waals surface area (Å²) < 4.78 is 82.1. The van der Waals surface area contributed by atoms with Gasteiger partial charge in [-0.05, 0) is 330 Å². The smallest absolute Gasteiger partial charge is 0.336 e. The largest absolute Gasteiger partial charge is 0.416 e. The number of halogens is 6. The molecule has 0 amide bonds. The number of nitrogens with zero attached hydrogens (tertiary/aromatic N) is 13. The molecule has 12 heterocycles. The minimum absolute atomic E-state index is 0.212. The van der Waals surface area contributed by atoms with Crippen molar-refractivity contribution in [1.29, 1.82) is 0 Å². The van der Waals surface area contributed by atoms with Crippen LogP contribution in [0.1, 0.15) is 197 Å². The average molecular weight is 2070 g/mol. The Balaban J connectivity index is 0.000000111. The number of alkyl halides is 6. The predicted octanol–water partition coefficient (Wildman–Crippen LogP) is 33.2. The van der Waals surface area contributed by atoms with Crippen molar-refractivity contribution < 1.29 is 26.3 Å². The summed E-state index contributed by atoms with van der Waals surface area (Å²) in [5.41, 5.74) is 19.1. The summed E-state index contributed by atoms with van der Waals surface area (Å²) in [6.07, 6.45) is 0.782. The molecule has 0 aliphatic carbocycles. The zero-order valence-electron chi connectivity index (χ0n) is 86.8. The van der Waals surface area contributed by atoms with Gasteiger partial charge in [-0.15, -0.1) is 21.5 Å². The monoisotopic (exact) mass is 2070 g/mol. The van der Waals surface area contributed by atoms with E-state index in [-0.39, 0.29) is 6.04 Å². The van der Waals surface area contributed by atoms with Crippen molar-refractivity contribution >= 4 is 115 Å². The molecule has 2 aromatic heterocycles. The fourth-order valence-corrected chi connectivity index (χ4v) is 27.5. The van der Waals surface area contributed by atoms with Gasteiger partial charge in [-0.2, -0.15) is 26.3 Å². The van der Waals surface area contributed by atoms with Crippen molar-refractivity contribution in [3.05, 3.63) is 341 Å². The lowest BCUT2D eigenvalue weighted by Crippen LogP contribution is -2.46. The Morgan fingerprint density at radius 1 is 0.293 bits per heavy atom. The van der Waals surface area contributed by atoms with E-state index < -0.39 is 23.5 Å². The number of aryl methyl sites for hydroxylation is 1. The molecule has 10 aliphatic heterocycles. The number of anilines is 10. The highest BCUT2D eigenvalue weighted by Gasteiger charge is 2.41. The summed E-state index contributed by atoms with van der Waals surface area (Å²) in [6, 6.07) is 101. The fraction of sp³-hybridized carbons (Fsp3) is 0.366. The molecule has 12 aromatic carbocycles. The van der Waals surface area contributed by atoms with Gasteiger partial charge in [0.05, 0.1) is 63.2 Å². The van der Waals surface area contributed by atoms with E-state index in [0.717, 1.165) is 106 Å². The van der Waals surface area contributed by atoms with Crippen molar-refractivity contribution in [3.63, 3.8) is 0 Å². The number of likely N-dealkylation sites (tertiary alicyclic amines) is 4. The van der Waals surface area contributed by atoms with Gasteiger partial charge in [0.2, 0.25) is 0 Å². The lowest BCUT2D eigenvalue weighted by atomic mass is 9.97. The lowest BCUT2D eigenvalue weighted by molar-refractivity contribution is -0.138. The summed E-state index contributed by atoms with van der Waals surface area (Å²) in [6.45, 7) is 42.4. The maximum atomic E-state index is 13.3. The molecule has 13 nitrogen and oxygen atoms in total. The highest BCUT2D eigenvalue weighted by Crippen LogP contribution is 2.57. The summed E-state index contributed by atoms with van der Waals surface area (Å²) in [7, 11) is 0. The van der Waals surface area contributed by atoms with Crippen LogP contribution >= 0.6 is 58.4 Å². The van der Waals surface area contributed by atoms with Gasteiger partial charge in [-0.3, -0.25) is 14.4 Å². The van der Waals surface area contributed by atoms with Gasteiger partial charge < -0.3 is 39.2 Å². The maximum Gasteiger partial charge on any atom is 0.416 e. The van der Waals surface area contributed by atoms with Crippen LogP contribution < -0.4 is 19.6 Å². The standard InChI is InChI=1S/C22H18F3NS.C22H28N2.C21H23F3N2S.C21H19NS.C20H24N2S.C17H25N5S/c1-14(2)15-7-10-17(11-8-15)26-18-5-3-4-6-20(18)27-21-12-9-16(13-19(21)26)22(23,24)25;1-17(2)23-13-11-20(12-14-23)24-15-18-7-3-5-9-21(18)22-10-6-4-8-19(22)16-24;1-14(2)25-11-9-16(10-12-25)26-17-5-3-4-6-19(17)27-20-8-7-15(13-18(20)26)21(22,23)24;1-15(2)16-11-13-17(14-12-16)22-18-7-3-5-9-20(18)23-21-10-6-4-8-19(21)22;1-15(2)21-13-11-16(12-14-21)22-17-7-3-5-9-19(17)23-20-10-6-4-8-18(20)22;1-12(2)20-7-4-15(5-8-20)21-10-14-6-9-23-17(14)22-13(3)18-19-16(22)11-21/h3-14H,1-2H3;3-10,17,20H,11-16H2,1-2H3;3-8,13-14,16H,9-12H2,1-2H3;3-15H,1-2H3;3-10,15-16H,11-14H2,1-2H3;6,9,12,15H,4-5,7-8,10-11H2,1-3H3. The van der Waals surface area contributed by atoms with Crippen molar-refractivity contribution in [2.24, 2.45) is 0 Å². The number of fused-ring (bicyclic) bond motifs is 14. The number of para-hydroxylation sites is 6. The summed E-state index contributed by atoms with van der Waals surface area (Å²) in [5, 5.41) is 12.3. The van der Waals surface area contributed by atoms with Crippen LogP contribution in [0.4, 0.5) is 83.2 Å². The Kier molecular flexibility index (Phi) is 33.2. The summed E-state index contributed by atoms with van der Waals surface area (Å²) in [4.78, 5) is 33.9. The molecule has 0 bridgehead atoms. The van der Waals surface area contributed by atoms with Gasteiger partial charge in [0.1, 0.15) is 10.8 Å². The lowest BCUT2D eigenvalue weighted by Gasteiger charge is -2.43. The van der Waals surface area contributed by atoms with Crippen LogP contribution in [0.25, 0.3) is 16.1 Å². The molecule has 147 heavy (non-hydrogen) atoms. The second-order valence-electron chi connectivity index (χ2n) is 41.8. The van der Waals surface area contributed by atoms with E-state index in [9.17, 15) is 26.3 Å². The normalized spacial score (nSPS) is 17.3. The molecule has 4 fully saturated rings. The number of hydrogen-bond donors (Lipinski definition) is 0. The molecule has 0 N–H and O–H groups in total. The van der Waals surface area contributed by atoms with Gasteiger partial charge in [0, 0.05) is 150 Å². The fourth-order valence-electron chi connectivity index (χ4n) is 22.3. The van der Waals surface area contributed by atoms with Crippen LogP contribution in [-0.4, -0.2) is 145 Å². The highest BCUT2D eigenvalue weighted by molar-refractivity contribution is 8.00. The second-order valence-corrected chi connectivity index (χ2v) is 47.0. The van der Waals surface area contributed by atoms with Crippen LogP contribution in [0.2, 0.25) is 0 Å². The molecule has 0 atom stereocenters. The van der Waals surface area contributed by atoms with Crippen LogP contribution in [0.15, 0.2) is 330 Å². The topological polar surface area (TPSA) is 63.1 Å². The first-order valence-corrected chi connectivity index (χ1v) is 56.8. The van der Waals surface area contributed by atoms with Crippen LogP contribution in [-0.2, 0) is 38.5 Å².